The highest BCUT2D eigenvalue weighted by atomic mass is 19.1. The molecule has 1 aromatic heterocycles. The number of H-pyrrole nitrogens is 1. The molecule has 0 aliphatic rings. The second-order valence-electron chi connectivity index (χ2n) is 4.41. The fraction of sp³-hybridized carbons (Fsp3) is 0.357. The van der Waals surface area contributed by atoms with Crippen molar-refractivity contribution < 1.29 is 4.39 Å². The highest BCUT2D eigenvalue weighted by Gasteiger charge is 2.13. The van der Waals surface area contributed by atoms with E-state index in [-0.39, 0.29) is 11.7 Å². The predicted octanol–water partition coefficient (Wildman–Crippen LogP) is 3.06. The van der Waals surface area contributed by atoms with E-state index in [9.17, 15) is 4.39 Å². The lowest BCUT2D eigenvalue weighted by molar-refractivity contribution is 0.595. The van der Waals surface area contributed by atoms with E-state index < -0.39 is 0 Å². The number of benzene rings is 1. The molecule has 4 heteroatoms. The number of halogens is 1. The number of hydrogen-bond acceptors (Lipinski definition) is 2. The first kappa shape index (κ1) is 12.8. The monoisotopic (exact) mass is 247 g/mol. The quantitative estimate of drug-likeness (QED) is 0.853. The molecule has 3 nitrogen and oxygen atoms in total. The van der Waals surface area contributed by atoms with E-state index in [4.69, 9.17) is 5.73 Å². The van der Waals surface area contributed by atoms with Gasteiger partial charge in [0.25, 0.3) is 0 Å². The molecular weight excluding hydrogens is 229 g/mol. The number of hydrogen-bond donors (Lipinski definition) is 2. The Morgan fingerprint density at radius 3 is 2.94 bits per heavy atom. The molecule has 1 unspecified atom stereocenters. The Kier molecular flexibility index (Phi) is 4.10. The molecule has 96 valence electrons. The number of aromatic nitrogens is 2. The van der Waals surface area contributed by atoms with Crippen LogP contribution in [0.1, 0.15) is 31.5 Å². The van der Waals surface area contributed by atoms with E-state index in [0.29, 0.717) is 6.54 Å². The van der Waals surface area contributed by atoms with Crippen LogP contribution in [-0.4, -0.2) is 16.5 Å². The van der Waals surface area contributed by atoms with Crippen LogP contribution in [0.25, 0.3) is 11.3 Å². The Morgan fingerprint density at radius 2 is 2.28 bits per heavy atom. The Morgan fingerprint density at radius 1 is 1.44 bits per heavy atom. The van der Waals surface area contributed by atoms with Crippen LogP contribution in [-0.2, 0) is 0 Å². The standard InChI is InChI=1S/C14H18FN3/c1-2-4-11(8-16)14-17-9-13(18-14)10-5-3-6-12(15)7-10/h3,5-7,9,11H,2,4,8,16H2,1H3,(H,17,18). The fourth-order valence-corrected chi connectivity index (χ4v) is 2.06. The summed E-state index contributed by atoms with van der Waals surface area (Å²) >= 11 is 0. The van der Waals surface area contributed by atoms with Crippen LogP contribution in [0.4, 0.5) is 4.39 Å². The molecular formula is C14H18FN3. The van der Waals surface area contributed by atoms with Crippen molar-refractivity contribution in [3.63, 3.8) is 0 Å². The van der Waals surface area contributed by atoms with Crippen LogP contribution in [0.5, 0.6) is 0 Å². The summed E-state index contributed by atoms with van der Waals surface area (Å²) in [5.74, 6) is 0.892. The van der Waals surface area contributed by atoms with Gasteiger partial charge in [0.05, 0.1) is 11.9 Å². The summed E-state index contributed by atoms with van der Waals surface area (Å²) in [6, 6.07) is 6.48. The number of imidazole rings is 1. The van der Waals surface area contributed by atoms with Crippen molar-refractivity contribution in [2.45, 2.75) is 25.7 Å². The highest BCUT2D eigenvalue weighted by Crippen LogP contribution is 2.22. The smallest absolute Gasteiger partial charge is 0.123 e. The van der Waals surface area contributed by atoms with Crippen LogP contribution in [0, 0.1) is 5.82 Å². The van der Waals surface area contributed by atoms with Crippen molar-refractivity contribution in [3.05, 3.63) is 42.1 Å². The van der Waals surface area contributed by atoms with Crippen molar-refractivity contribution in [2.75, 3.05) is 6.54 Å². The Balaban J connectivity index is 2.24. The van der Waals surface area contributed by atoms with Gasteiger partial charge in [-0.3, -0.25) is 0 Å². The predicted molar refractivity (Wildman–Crippen MR) is 70.7 cm³/mol. The van der Waals surface area contributed by atoms with Gasteiger partial charge in [-0.25, -0.2) is 9.37 Å². The SMILES string of the molecule is CCCC(CN)c1ncc(-c2cccc(F)c2)[nH]1. The van der Waals surface area contributed by atoms with Gasteiger partial charge in [-0.1, -0.05) is 25.5 Å². The summed E-state index contributed by atoms with van der Waals surface area (Å²) in [7, 11) is 0. The zero-order valence-corrected chi connectivity index (χ0v) is 10.5. The normalized spacial score (nSPS) is 12.6. The highest BCUT2D eigenvalue weighted by molar-refractivity contribution is 5.58. The summed E-state index contributed by atoms with van der Waals surface area (Å²) in [4.78, 5) is 7.59. The van der Waals surface area contributed by atoms with Crippen molar-refractivity contribution in [1.29, 1.82) is 0 Å². The molecule has 0 amide bonds. The molecule has 18 heavy (non-hydrogen) atoms. The first-order chi connectivity index (χ1) is 8.74. The largest absolute Gasteiger partial charge is 0.342 e. The van der Waals surface area contributed by atoms with E-state index in [1.165, 1.54) is 12.1 Å². The van der Waals surface area contributed by atoms with Crippen LogP contribution in [0.15, 0.2) is 30.5 Å². The van der Waals surface area contributed by atoms with Gasteiger partial charge < -0.3 is 10.7 Å². The molecule has 1 aromatic carbocycles. The van der Waals surface area contributed by atoms with Gasteiger partial charge in [0.1, 0.15) is 11.6 Å². The minimum Gasteiger partial charge on any atom is -0.342 e. The van der Waals surface area contributed by atoms with Crippen molar-refractivity contribution in [3.8, 4) is 11.3 Å². The van der Waals surface area contributed by atoms with Crippen molar-refractivity contribution >= 4 is 0 Å². The minimum absolute atomic E-state index is 0.243. The molecule has 0 saturated heterocycles. The van der Waals surface area contributed by atoms with Gasteiger partial charge in [0, 0.05) is 18.0 Å². The molecule has 0 fully saturated rings. The van der Waals surface area contributed by atoms with Gasteiger partial charge in [-0.15, -0.1) is 0 Å². The van der Waals surface area contributed by atoms with Crippen molar-refractivity contribution in [1.82, 2.24) is 9.97 Å². The van der Waals surface area contributed by atoms with Gasteiger partial charge in [0.2, 0.25) is 0 Å². The molecule has 0 radical (unpaired) electrons. The molecule has 0 aliphatic carbocycles. The molecule has 0 saturated carbocycles. The Labute approximate surface area is 106 Å². The second kappa shape index (κ2) is 5.78. The zero-order valence-electron chi connectivity index (χ0n) is 10.5. The molecule has 1 atom stereocenters. The van der Waals surface area contributed by atoms with Gasteiger partial charge in [0.15, 0.2) is 0 Å². The fourth-order valence-electron chi connectivity index (χ4n) is 2.06. The summed E-state index contributed by atoms with van der Waals surface area (Å²) < 4.78 is 13.2. The number of nitrogens with zero attached hydrogens (tertiary/aromatic N) is 1. The van der Waals surface area contributed by atoms with Crippen LogP contribution in [0.3, 0.4) is 0 Å². The third kappa shape index (κ3) is 2.76. The first-order valence-corrected chi connectivity index (χ1v) is 6.25. The van der Waals surface area contributed by atoms with Crippen LogP contribution < -0.4 is 5.73 Å². The number of aromatic amines is 1. The lowest BCUT2D eigenvalue weighted by atomic mass is 10.0. The molecule has 0 aliphatic heterocycles. The lowest BCUT2D eigenvalue weighted by Gasteiger charge is -2.09. The minimum atomic E-state index is -0.243. The number of rotatable bonds is 5. The summed E-state index contributed by atoms with van der Waals surface area (Å²) in [6.45, 7) is 2.70. The van der Waals surface area contributed by atoms with E-state index in [0.717, 1.165) is 29.9 Å². The van der Waals surface area contributed by atoms with Gasteiger partial charge in [-0.05, 0) is 18.6 Å². The van der Waals surface area contributed by atoms with E-state index >= 15 is 0 Å². The molecule has 0 spiro atoms. The maximum atomic E-state index is 13.2. The first-order valence-electron chi connectivity index (χ1n) is 6.25. The van der Waals surface area contributed by atoms with E-state index in [1.807, 2.05) is 6.07 Å². The Bertz CT molecular complexity index is 507. The third-order valence-corrected chi connectivity index (χ3v) is 3.04. The molecule has 3 N–H and O–H groups in total. The van der Waals surface area contributed by atoms with E-state index in [2.05, 4.69) is 16.9 Å². The summed E-state index contributed by atoms with van der Waals surface area (Å²) in [5, 5.41) is 0. The molecule has 2 aromatic rings. The molecule has 0 bridgehead atoms. The van der Waals surface area contributed by atoms with E-state index in [1.54, 1.807) is 12.3 Å². The van der Waals surface area contributed by atoms with Crippen LogP contribution in [0.2, 0.25) is 0 Å². The second-order valence-corrected chi connectivity index (χ2v) is 4.41. The Hall–Kier alpha value is -1.68. The maximum absolute atomic E-state index is 13.2. The zero-order chi connectivity index (χ0) is 13.0. The van der Waals surface area contributed by atoms with Crippen molar-refractivity contribution in [2.24, 2.45) is 5.73 Å². The van der Waals surface area contributed by atoms with Gasteiger partial charge >= 0.3 is 0 Å². The summed E-state index contributed by atoms with van der Waals surface area (Å²) in [5.41, 5.74) is 7.38. The van der Waals surface area contributed by atoms with Crippen LogP contribution >= 0.6 is 0 Å². The third-order valence-electron chi connectivity index (χ3n) is 3.04. The average Bonchev–Trinajstić information content (AvgIpc) is 2.85. The molecule has 1 heterocycles. The summed E-state index contributed by atoms with van der Waals surface area (Å²) in [6.07, 6.45) is 3.81. The molecule has 2 rings (SSSR count). The average molecular weight is 247 g/mol. The number of nitrogens with two attached hydrogens (primary N) is 1. The maximum Gasteiger partial charge on any atom is 0.123 e. The number of nitrogens with one attached hydrogen (secondary N) is 1. The lowest BCUT2D eigenvalue weighted by Crippen LogP contribution is -2.13. The topological polar surface area (TPSA) is 54.7 Å². The van der Waals surface area contributed by atoms with Gasteiger partial charge in [-0.2, -0.15) is 0 Å².